The molecular formula is C14H12N2O3S. The van der Waals surface area contributed by atoms with Gasteiger partial charge in [-0.3, -0.25) is 14.5 Å². The van der Waals surface area contributed by atoms with E-state index in [1.54, 1.807) is 25.3 Å². The summed E-state index contributed by atoms with van der Waals surface area (Å²) in [5.41, 5.74) is 1.92. The van der Waals surface area contributed by atoms with Gasteiger partial charge in [-0.25, -0.2) is 4.98 Å². The van der Waals surface area contributed by atoms with E-state index in [0.717, 1.165) is 10.7 Å². The number of carbonyl (C=O) groups excluding carboxylic acids is 2. The van der Waals surface area contributed by atoms with Gasteiger partial charge in [0.2, 0.25) is 0 Å². The van der Waals surface area contributed by atoms with Crippen LogP contribution in [0.15, 0.2) is 23.6 Å². The number of hydrogen-bond acceptors (Lipinski definition) is 5. The third kappa shape index (κ3) is 1.98. The molecule has 0 atom stereocenters. The van der Waals surface area contributed by atoms with E-state index < -0.39 is 11.7 Å². The molecule has 0 fully saturated rings. The number of rotatable bonds is 3. The van der Waals surface area contributed by atoms with Crippen LogP contribution in [-0.2, 0) is 11.3 Å². The molecule has 1 aromatic heterocycles. The number of ketones is 1. The molecule has 0 saturated carbocycles. The van der Waals surface area contributed by atoms with Crippen molar-refractivity contribution in [2.24, 2.45) is 0 Å². The largest absolute Gasteiger partial charge is 0.497 e. The molecule has 0 radical (unpaired) electrons. The van der Waals surface area contributed by atoms with Gasteiger partial charge in [0.25, 0.3) is 11.7 Å². The smallest absolute Gasteiger partial charge is 0.299 e. The molecule has 102 valence electrons. The summed E-state index contributed by atoms with van der Waals surface area (Å²) < 4.78 is 5.15. The third-order valence-electron chi connectivity index (χ3n) is 3.14. The number of aromatic nitrogens is 1. The van der Waals surface area contributed by atoms with E-state index in [2.05, 4.69) is 4.98 Å². The zero-order chi connectivity index (χ0) is 14.3. The van der Waals surface area contributed by atoms with Crippen molar-refractivity contribution in [1.29, 1.82) is 0 Å². The van der Waals surface area contributed by atoms with E-state index in [1.807, 2.05) is 12.3 Å². The van der Waals surface area contributed by atoms with E-state index in [1.165, 1.54) is 16.2 Å². The highest BCUT2D eigenvalue weighted by atomic mass is 32.1. The van der Waals surface area contributed by atoms with Gasteiger partial charge in [0.1, 0.15) is 10.8 Å². The summed E-state index contributed by atoms with van der Waals surface area (Å²) in [7, 11) is 1.55. The van der Waals surface area contributed by atoms with Crippen molar-refractivity contribution in [3.8, 4) is 5.75 Å². The van der Waals surface area contributed by atoms with Crippen LogP contribution >= 0.6 is 11.3 Å². The van der Waals surface area contributed by atoms with Crippen molar-refractivity contribution in [3.05, 3.63) is 39.8 Å². The lowest BCUT2D eigenvalue weighted by Gasteiger charge is -2.15. The SMILES string of the molecule is COc1ccc2c(c1)N(Cc1nc(C)cs1)C(=O)C2=O. The Balaban J connectivity index is 2.00. The molecule has 1 aliphatic rings. The molecule has 0 unspecified atom stereocenters. The van der Waals surface area contributed by atoms with Crippen LogP contribution in [0, 0.1) is 6.92 Å². The molecule has 2 heterocycles. The quantitative estimate of drug-likeness (QED) is 0.812. The Labute approximate surface area is 119 Å². The average molecular weight is 288 g/mol. The second-order valence-corrected chi connectivity index (χ2v) is 5.43. The Hall–Kier alpha value is -2.21. The maximum Gasteiger partial charge on any atom is 0.299 e. The monoisotopic (exact) mass is 288 g/mol. The lowest BCUT2D eigenvalue weighted by molar-refractivity contribution is -0.114. The number of hydrogen-bond donors (Lipinski definition) is 0. The van der Waals surface area contributed by atoms with Crippen molar-refractivity contribution < 1.29 is 14.3 Å². The fraction of sp³-hybridized carbons (Fsp3) is 0.214. The summed E-state index contributed by atoms with van der Waals surface area (Å²) in [6, 6.07) is 5.02. The van der Waals surface area contributed by atoms with Crippen LogP contribution in [0.4, 0.5) is 5.69 Å². The van der Waals surface area contributed by atoms with Crippen LogP contribution < -0.4 is 9.64 Å². The van der Waals surface area contributed by atoms with Gasteiger partial charge in [0.05, 0.1) is 24.9 Å². The molecule has 5 nitrogen and oxygen atoms in total. The Morgan fingerprint density at radius 2 is 2.15 bits per heavy atom. The molecule has 1 amide bonds. The van der Waals surface area contributed by atoms with Crippen LogP contribution in [0.25, 0.3) is 0 Å². The number of ether oxygens (including phenoxy) is 1. The normalized spacial score (nSPS) is 13.8. The molecule has 0 spiro atoms. The van der Waals surface area contributed by atoms with Crippen molar-refractivity contribution >= 4 is 28.7 Å². The first-order valence-corrected chi connectivity index (χ1v) is 6.93. The molecular weight excluding hydrogens is 276 g/mol. The number of nitrogens with zero attached hydrogens (tertiary/aromatic N) is 2. The van der Waals surface area contributed by atoms with E-state index in [9.17, 15) is 9.59 Å². The first-order valence-electron chi connectivity index (χ1n) is 6.05. The Morgan fingerprint density at radius 3 is 2.80 bits per heavy atom. The molecule has 1 aromatic carbocycles. The fourth-order valence-electron chi connectivity index (χ4n) is 2.17. The van der Waals surface area contributed by atoms with Gasteiger partial charge in [-0.1, -0.05) is 0 Å². The maximum atomic E-state index is 12.1. The van der Waals surface area contributed by atoms with E-state index in [0.29, 0.717) is 23.5 Å². The highest BCUT2D eigenvalue weighted by molar-refractivity contribution is 7.09. The maximum absolute atomic E-state index is 12.1. The molecule has 20 heavy (non-hydrogen) atoms. The van der Waals surface area contributed by atoms with Crippen LogP contribution in [0.3, 0.4) is 0 Å². The van der Waals surface area contributed by atoms with E-state index >= 15 is 0 Å². The molecule has 0 aliphatic carbocycles. The van der Waals surface area contributed by atoms with E-state index in [-0.39, 0.29) is 0 Å². The van der Waals surface area contributed by atoms with Crippen molar-refractivity contribution in [2.75, 3.05) is 12.0 Å². The second kappa shape index (κ2) is 4.72. The van der Waals surface area contributed by atoms with Crippen LogP contribution in [0.1, 0.15) is 21.1 Å². The molecule has 0 N–H and O–H groups in total. The average Bonchev–Trinajstić information content (AvgIpc) is 2.96. The number of carbonyl (C=O) groups is 2. The summed E-state index contributed by atoms with van der Waals surface area (Å²) in [6.45, 7) is 2.21. The van der Waals surface area contributed by atoms with Crippen LogP contribution in [-0.4, -0.2) is 23.8 Å². The fourth-order valence-corrected chi connectivity index (χ4v) is 2.93. The number of thiazole rings is 1. The van der Waals surface area contributed by atoms with E-state index in [4.69, 9.17) is 4.74 Å². The lowest BCUT2D eigenvalue weighted by atomic mass is 10.1. The number of methoxy groups -OCH3 is 1. The standard InChI is InChI=1S/C14H12N2O3S/c1-8-7-20-12(15-8)6-16-11-5-9(19-2)3-4-10(11)13(17)14(16)18/h3-5,7H,6H2,1-2H3. The van der Waals surface area contributed by atoms with Gasteiger partial charge >= 0.3 is 0 Å². The highest BCUT2D eigenvalue weighted by Gasteiger charge is 2.36. The molecule has 6 heteroatoms. The number of benzene rings is 1. The van der Waals surface area contributed by atoms with Crippen molar-refractivity contribution in [2.45, 2.75) is 13.5 Å². The Morgan fingerprint density at radius 1 is 1.35 bits per heavy atom. The summed E-state index contributed by atoms with van der Waals surface area (Å²) in [5, 5.41) is 2.73. The van der Waals surface area contributed by atoms with Gasteiger partial charge < -0.3 is 4.74 Å². The lowest BCUT2D eigenvalue weighted by Crippen LogP contribution is -2.29. The summed E-state index contributed by atoms with van der Waals surface area (Å²) >= 11 is 1.48. The summed E-state index contributed by atoms with van der Waals surface area (Å²) in [4.78, 5) is 29.8. The Bertz CT molecular complexity index is 708. The molecule has 0 saturated heterocycles. The topological polar surface area (TPSA) is 59.5 Å². The first kappa shape index (κ1) is 12.8. The van der Waals surface area contributed by atoms with Gasteiger partial charge in [-0.05, 0) is 19.1 Å². The van der Waals surface area contributed by atoms with Gasteiger partial charge in [-0.2, -0.15) is 0 Å². The predicted octanol–water partition coefficient (Wildman–Crippen LogP) is 2.19. The zero-order valence-corrected chi connectivity index (χ0v) is 11.9. The number of Topliss-reactive ketones (excluding diaryl/α,β-unsaturated/α-hetero) is 1. The number of anilines is 1. The molecule has 1 aliphatic heterocycles. The molecule has 3 rings (SSSR count). The minimum absolute atomic E-state index is 0.309. The van der Waals surface area contributed by atoms with Crippen LogP contribution in [0.5, 0.6) is 5.75 Å². The number of amides is 1. The third-order valence-corrected chi connectivity index (χ3v) is 4.09. The molecule has 2 aromatic rings. The second-order valence-electron chi connectivity index (χ2n) is 4.49. The number of fused-ring (bicyclic) bond motifs is 1. The minimum atomic E-state index is -0.513. The summed E-state index contributed by atoms with van der Waals surface area (Å²) in [5.74, 6) is -0.372. The van der Waals surface area contributed by atoms with Crippen molar-refractivity contribution in [3.63, 3.8) is 0 Å². The Kier molecular flexibility index (Phi) is 3.02. The summed E-state index contributed by atoms with van der Waals surface area (Å²) in [6.07, 6.45) is 0. The minimum Gasteiger partial charge on any atom is -0.497 e. The number of aryl methyl sites for hydroxylation is 1. The van der Waals surface area contributed by atoms with Gasteiger partial charge in [0, 0.05) is 17.1 Å². The zero-order valence-electron chi connectivity index (χ0n) is 11.0. The molecule has 0 bridgehead atoms. The van der Waals surface area contributed by atoms with Crippen LogP contribution in [0.2, 0.25) is 0 Å². The predicted molar refractivity (Wildman–Crippen MR) is 75.4 cm³/mol. The highest BCUT2D eigenvalue weighted by Crippen LogP contribution is 2.33. The van der Waals surface area contributed by atoms with Crippen molar-refractivity contribution in [1.82, 2.24) is 4.98 Å². The van der Waals surface area contributed by atoms with Gasteiger partial charge in [-0.15, -0.1) is 11.3 Å². The first-order chi connectivity index (χ1) is 9.60. The van der Waals surface area contributed by atoms with Gasteiger partial charge in [0.15, 0.2) is 0 Å².